The van der Waals surface area contributed by atoms with Gasteiger partial charge in [0.05, 0.1) is 105 Å². The van der Waals surface area contributed by atoms with Gasteiger partial charge in [0, 0.05) is 90.3 Å². The third-order valence-electron chi connectivity index (χ3n) is 19.8. The zero-order valence-corrected chi connectivity index (χ0v) is 69.4. The van der Waals surface area contributed by atoms with E-state index in [-0.39, 0.29) is 94.8 Å². The van der Waals surface area contributed by atoms with Crippen LogP contribution in [0.5, 0.6) is 23.0 Å². The number of nitrogens with one attached hydrogen (secondary N) is 5. The molecule has 120 heavy (non-hydrogen) atoms. The van der Waals surface area contributed by atoms with Gasteiger partial charge in [-0.25, -0.2) is 14.6 Å². The predicted molar refractivity (Wildman–Crippen MR) is 447 cm³/mol. The quantitative estimate of drug-likeness (QED) is 0.0196. The van der Waals surface area contributed by atoms with Crippen molar-refractivity contribution in [2.45, 2.75) is 117 Å². The molecule has 10 aromatic rings. The fraction of sp³-hybridized carbons (Fsp3) is 0.448. The normalized spacial score (nSPS) is 14.8. The molecule has 638 valence electrons. The lowest BCUT2D eigenvalue weighted by atomic mass is 9.85. The number of aryl methyl sites for hydroxylation is 2. The zero-order valence-electron chi connectivity index (χ0n) is 68.6. The van der Waals surface area contributed by atoms with E-state index in [9.17, 15) is 33.9 Å². The fourth-order valence-corrected chi connectivity index (χ4v) is 14.3. The van der Waals surface area contributed by atoms with Crippen molar-refractivity contribution in [1.82, 2.24) is 66.2 Å². The molecule has 2 fully saturated rings. The van der Waals surface area contributed by atoms with Crippen LogP contribution in [0.3, 0.4) is 0 Å². The van der Waals surface area contributed by atoms with E-state index in [0.29, 0.717) is 147 Å². The molecule has 0 spiro atoms. The number of pyridine rings is 2. The smallest absolute Gasteiger partial charge is 0.298 e. The summed E-state index contributed by atoms with van der Waals surface area (Å²) >= 11 is 1.43. The molecule has 0 unspecified atom stereocenters. The van der Waals surface area contributed by atoms with E-state index in [4.69, 9.17) is 61.4 Å². The van der Waals surface area contributed by atoms with Gasteiger partial charge < -0.3 is 93.0 Å². The average molecular weight is 1670 g/mol. The Hall–Kier alpha value is -11.3. The molecule has 8 heterocycles. The highest BCUT2D eigenvalue weighted by Crippen LogP contribution is 2.35. The number of piperazine rings is 1. The first kappa shape index (κ1) is 88.0. The monoisotopic (exact) mass is 1670 g/mol. The third kappa shape index (κ3) is 26.3. The van der Waals surface area contributed by atoms with Crippen molar-refractivity contribution < 1.29 is 80.5 Å². The van der Waals surface area contributed by atoms with E-state index < -0.39 is 47.4 Å². The number of carbonyl (C=O) groups excluding carboxylic acids is 5. The minimum absolute atomic E-state index is 0.0155. The predicted octanol–water partition coefficient (Wildman–Crippen LogP) is 8.12. The molecule has 4 aromatic carbocycles. The molecule has 32 nitrogen and oxygen atoms in total. The zero-order chi connectivity index (χ0) is 84.2. The van der Waals surface area contributed by atoms with Gasteiger partial charge in [0.25, 0.3) is 11.6 Å². The molecule has 6 N–H and O–H groups in total. The summed E-state index contributed by atoms with van der Waals surface area (Å²) in [6.45, 7) is 16.4. The topological polar surface area (TPSA) is 381 Å². The van der Waals surface area contributed by atoms with E-state index in [1.54, 1.807) is 49.2 Å². The molecule has 5 amide bonds. The number of β-amino-alcohol motifs (C(OH)–C–C–N with tert-alkyl or cyclic N) is 1. The first-order chi connectivity index (χ1) is 58.2. The van der Waals surface area contributed by atoms with Gasteiger partial charge in [0.1, 0.15) is 90.9 Å². The molecule has 4 atom stereocenters. The molecule has 2 aliphatic heterocycles. The Balaban J connectivity index is 0.520. The Bertz CT molecular complexity index is 5020. The summed E-state index contributed by atoms with van der Waals surface area (Å²) in [5, 5.41) is 30.4. The van der Waals surface area contributed by atoms with Crippen LogP contribution in [-0.4, -0.2) is 217 Å². The second kappa shape index (κ2) is 44.1. The van der Waals surface area contributed by atoms with Crippen LogP contribution in [0.4, 0.5) is 6.01 Å². The number of hydrogen-bond donors (Lipinski definition) is 6. The number of ether oxygens (including phenoxy) is 9. The van der Waals surface area contributed by atoms with Crippen molar-refractivity contribution in [3.8, 4) is 45.0 Å². The highest BCUT2D eigenvalue weighted by atomic mass is 32.1. The van der Waals surface area contributed by atoms with E-state index in [1.807, 2.05) is 126 Å². The van der Waals surface area contributed by atoms with Crippen molar-refractivity contribution in [3.05, 3.63) is 183 Å². The van der Waals surface area contributed by atoms with Crippen molar-refractivity contribution in [3.63, 3.8) is 0 Å². The summed E-state index contributed by atoms with van der Waals surface area (Å²) in [6.07, 6.45) is 4.91. The van der Waals surface area contributed by atoms with Gasteiger partial charge in [0.2, 0.25) is 35.4 Å². The summed E-state index contributed by atoms with van der Waals surface area (Å²) in [5.74, 6) is 0.912. The minimum atomic E-state index is -1.05. The standard InChI is InChI=1S/C87H106N14O18S/c1-57(2)43-72(94-76(103)14-10-13-58-11-8-7-9-12-58)82(106)89-29-32-109-33-34-111-39-41-114-67-21-19-62(90-50-67)53-116-65-23-25-74-69(47-65)95-84(118-74)79-61(45-78(105)99(6)98-79)44-71-80(120-56-93-71)60-17-15-59(16-18-60)49-92-83(107)73-46-64(102)52-101(73)85(108)81(87(3,4)5)97-77(104)55-113-38-37-110-35-36-112-40-42-115-68-22-20-63(91-51-68)54-117-66-24-26-75-70(48-66)96-86(119-75)100-30-27-88-28-31-100/h7-9,11-12,15-26,45,47-48,50-51,56-57,64,72-73,81,88,102H,10,13-14,27-44,46,49,52-55H2,1-6H3,(H,89,106)(H,92,107)(H,94,103)(H,97,104)/t64-,72+,73+,81-/m1/s1. The number of amides is 5. The molecule has 0 bridgehead atoms. The van der Waals surface area contributed by atoms with E-state index in [1.165, 1.54) is 32.5 Å². The van der Waals surface area contributed by atoms with Gasteiger partial charge in [-0.15, -0.1) is 11.3 Å². The molecule has 0 radical (unpaired) electrons. The van der Waals surface area contributed by atoms with Gasteiger partial charge in [-0.05, 0) is 101 Å². The number of aliphatic hydroxyl groups is 1. The second-order valence-electron chi connectivity index (χ2n) is 30.6. The summed E-state index contributed by atoms with van der Waals surface area (Å²) in [5.41, 5.74) is 8.83. The van der Waals surface area contributed by atoms with Crippen LogP contribution in [0, 0.1) is 11.3 Å². The fourth-order valence-electron chi connectivity index (χ4n) is 13.5. The van der Waals surface area contributed by atoms with E-state index >= 15 is 0 Å². The molecule has 0 aliphatic carbocycles. The van der Waals surface area contributed by atoms with Crippen LogP contribution < -0.4 is 56.0 Å². The van der Waals surface area contributed by atoms with Crippen LogP contribution in [0.1, 0.15) is 94.1 Å². The molecular formula is C87H106N14O18S. The van der Waals surface area contributed by atoms with Gasteiger partial charge in [-0.1, -0.05) is 89.2 Å². The summed E-state index contributed by atoms with van der Waals surface area (Å²) in [7, 11) is 1.56. The van der Waals surface area contributed by atoms with Crippen LogP contribution >= 0.6 is 11.3 Å². The number of benzene rings is 4. The Kier molecular flexibility index (Phi) is 32.4. The van der Waals surface area contributed by atoms with E-state index in [2.05, 4.69) is 51.5 Å². The van der Waals surface area contributed by atoms with Crippen molar-refractivity contribution >= 4 is 69.1 Å². The maximum absolute atomic E-state index is 14.3. The highest BCUT2D eigenvalue weighted by Gasteiger charge is 2.45. The summed E-state index contributed by atoms with van der Waals surface area (Å²) in [6, 6.07) is 35.2. The van der Waals surface area contributed by atoms with Gasteiger partial charge in [-0.3, -0.25) is 38.7 Å². The Labute approximate surface area is 699 Å². The Morgan fingerprint density at radius 3 is 1.91 bits per heavy atom. The average Bonchev–Trinajstić information content (AvgIpc) is 1.60. The Morgan fingerprint density at radius 2 is 1.27 bits per heavy atom. The van der Waals surface area contributed by atoms with Crippen molar-refractivity contribution in [2.75, 3.05) is 123 Å². The maximum Gasteiger partial charge on any atom is 0.298 e. The number of thiazole rings is 1. The number of hydrogen-bond acceptors (Lipinski definition) is 27. The summed E-state index contributed by atoms with van der Waals surface area (Å²) < 4.78 is 65.4. The molecule has 2 saturated heterocycles. The molecule has 6 aromatic heterocycles. The van der Waals surface area contributed by atoms with E-state index in [0.717, 1.165) is 59.8 Å². The number of aliphatic hydroxyl groups excluding tert-OH is 1. The van der Waals surface area contributed by atoms with Crippen LogP contribution in [-0.2, 0) is 87.3 Å². The van der Waals surface area contributed by atoms with Gasteiger partial charge >= 0.3 is 0 Å². The van der Waals surface area contributed by atoms with Crippen LogP contribution in [0.2, 0.25) is 0 Å². The third-order valence-corrected chi connectivity index (χ3v) is 20.7. The number of aromatic nitrogens is 7. The number of fused-ring (bicyclic) bond motifs is 2. The number of likely N-dealkylation sites (tertiary alicyclic amines) is 1. The summed E-state index contributed by atoms with van der Waals surface area (Å²) in [4.78, 5) is 108. The number of nitrogens with zero attached hydrogens (tertiary/aromatic N) is 9. The number of carbonyl (C=O) groups is 5. The maximum atomic E-state index is 14.3. The molecule has 12 rings (SSSR count). The number of oxazole rings is 2. The molecular weight excluding hydrogens is 1560 g/mol. The SMILES string of the molecule is CC(C)C[C@H](NC(=O)CCCc1ccccc1)C(=O)NCCOCCOCCOc1ccc(COc2ccc3oc(-c4nn(C)c(=O)cc4Cc4ncsc4-c4ccc(CNC(=O)[C@@H]5C[C@@H](O)CN5C(=O)[C@@H](NC(=O)COCCOCCOCCOc5ccc(COc6ccc7oc(N8CCNCC8)nc7c6)nc5)C(C)(C)C)cc4)nc3c2)nc1. The van der Waals surface area contributed by atoms with Gasteiger partial charge in [-0.2, -0.15) is 10.1 Å². The van der Waals surface area contributed by atoms with Crippen LogP contribution in [0.25, 0.3) is 44.2 Å². The lowest BCUT2D eigenvalue weighted by Gasteiger charge is -2.35. The molecule has 33 heteroatoms. The lowest BCUT2D eigenvalue weighted by Crippen LogP contribution is -2.58. The van der Waals surface area contributed by atoms with Crippen LogP contribution in [0.15, 0.2) is 153 Å². The lowest BCUT2D eigenvalue weighted by molar-refractivity contribution is -0.144. The molecule has 2 aliphatic rings. The minimum Gasteiger partial charge on any atom is -0.490 e. The van der Waals surface area contributed by atoms with Crippen molar-refractivity contribution in [2.24, 2.45) is 18.4 Å². The largest absolute Gasteiger partial charge is 0.490 e. The van der Waals surface area contributed by atoms with Gasteiger partial charge in [0.15, 0.2) is 11.2 Å². The highest BCUT2D eigenvalue weighted by molar-refractivity contribution is 7.13. The first-order valence-corrected chi connectivity index (χ1v) is 41.4. The number of rotatable bonds is 46. The number of anilines is 1. The second-order valence-corrected chi connectivity index (χ2v) is 31.5. The Morgan fingerprint density at radius 1 is 0.658 bits per heavy atom. The first-order valence-electron chi connectivity index (χ1n) is 40.5. The van der Waals surface area contributed by atoms with Crippen molar-refractivity contribution in [1.29, 1.82) is 0 Å². The molecule has 0 saturated carbocycles.